The molecule has 1 aliphatic rings. The van der Waals surface area contributed by atoms with Crippen LogP contribution in [0.4, 0.5) is 0 Å². The number of benzene rings is 3. The molecule has 5 rings (SSSR count). The van der Waals surface area contributed by atoms with Crippen LogP contribution in [0, 0.1) is 6.92 Å². The first-order valence-corrected chi connectivity index (χ1v) is 11.2. The first kappa shape index (κ1) is 21.8. The molecule has 0 spiro atoms. The largest absolute Gasteiger partial charge is 0.508 e. The van der Waals surface area contributed by atoms with Gasteiger partial charge in [0.25, 0.3) is 5.56 Å². The van der Waals surface area contributed by atoms with Crippen molar-refractivity contribution in [3.63, 3.8) is 0 Å². The summed E-state index contributed by atoms with van der Waals surface area (Å²) in [6.07, 6.45) is 0.731. The fraction of sp³-hybridized carbons (Fsp3) is 0.214. The Morgan fingerprint density at radius 2 is 1.76 bits per heavy atom. The summed E-state index contributed by atoms with van der Waals surface area (Å²) in [5.74, 6) is 0.526. The van der Waals surface area contributed by atoms with Crippen molar-refractivity contribution in [1.82, 2.24) is 4.57 Å². The summed E-state index contributed by atoms with van der Waals surface area (Å²) in [6, 6.07) is 20.4. The molecule has 1 aromatic heterocycles. The van der Waals surface area contributed by atoms with Crippen molar-refractivity contribution in [1.29, 1.82) is 0 Å². The number of phenolic OH excluding ortho intramolecular Hbond substituents is 1. The van der Waals surface area contributed by atoms with Crippen LogP contribution in [0.15, 0.2) is 71.5 Å². The van der Waals surface area contributed by atoms with Gasteiger partial charge < -0.3 is 19.1 Å². The van der Waals surface area contributed by atoms with E-state index in [4.69, 9.17) is 9.47 Å². The average Bonchev–Trinajstić information content (AvgIpc) is 2.83. The number of nitrogens with zero attached hydrogens (tertiary/aromatic N) is 1. The molecular formula is C28H25NO5. The highest BCUT2D eigenvalue weighted by Crippen LogP contribution is 2.41. The zero-order chi connectivity index (χ0) is 23.8. The van der Waals surface area contributed by atoms with Crippen molar-refractivity contribution < 1.29 is 19.4 Å². The number of pyridine rings is 1. The highest BCUT2D eigenvalue weighted by molar-refractivity contribution is 5.92. The van der Waals surface area contributed by atoms with Crippen LogP contribution in [0.3, 0.4) is 0 Å². The Morgan fingerprint density at radius 3 is 2.50 bits per heavy atom. The zero-order valence-electron chi connectivity index (χ0n) is 19.1. The normalized spacial score (nSPS) is 15.1. The molecule has 6 heteroatoms. The van der Waals surface area contributed by atoms with E-state index in [0.717, 1.165) is 33.3 Å². The summed E-state index contributed by atoms with van der Waals surface area (Å²) in [6.45, 7) is 2.32. The van der Waals surface area contributed by atoms with Gasteiger partial charge >= 0.3 is 5.97 Å². The molecule has 1 aliphatic heterocycles. The number of fused-ring (bicyclic) bond motifs is 2. The second-order valence-electron chi connectivity index (χ2n) is 8.57. The van der Waals surface area contributed by atoms with Crippen LogP contribution in [-0.4, -0.2) is 22.8 Å². The molecule has 0 amide bonds. The maximum absolute atomic E-state index is 13.8. The molecular weight excluding hydrogens is 430 g/mol. The van der Waals surface area contributed by atoms with Gasteiger partial charge in [0.15, 0.2) is 0 Å². The fourth-order valence-corrected chi connectivity index (χ4v) is 4.82. The number of aryl methyl sites for hydroxylation is 2. The monoisotopic (exact) mass is 455 g/mol. The quantitative estimate of drug-likeness (QED) is 0.441. The van der Waals surface area contributed by atoms with Crippen LogP contribution >= 0.6 is 0 Å². The molecule has 2 heterocycles. The van der Waals surface area contributed by atoms with Crippen molar-refractivity contribution in [3.8, 4) is 17.2 Å². The molecule has 0 unspecified atom stereocenters. The van der Waals surface area contributed by atoms with E-state index in [2.05, 4.69) is 0 Å². The van der Waals surface area contributed by atoms with E-state index in [9.17, 15) is 14.7 Å². The summed E-state index contributed by atoms with van der Waals surface area (Å²) in [4.78, 5) is 26.3. The van der Waals surface area contributed by atoms with E-state index in [1.54, 1.807) is 29.9 Å². The summed E-state index contributed by atoms with van der Waals surface area (Å²) in [5.41, 5.74) is 3.01. The van der Waals surface area contributed by atoms with Crippen molar-refractivity contribution >= 4 is 16.7 Å². The van der Waals surface area contributed by atoms with Crippen LogP contribution in [0.5, 0.6) is 17.2 Å². The van der Waals surface area contributed by atoms with E-state index >= 15 is 0 Å². The summed E-state index contributed by atoms with van der Waals surface area (Å²) >= 11 is 0. The summed E-state index contributed by atoms with van der Waals surface area (Å²) in [7, 11) is 1.63. The van der Waals surface area contributed by atoms with Gasteiger partial charge in [-0.2, -0.15) is 0 Å². The minimum atomic E-state index is -0.417. The number of hydrogen-bond donors (Lipinski definition) is 1. The van der Waals surface area contributed by atoms with Crippen LogP contribution in [0.2, 0.25) is 0 Å². The maximum atomic E-state index is 13.8. The lowest BCUT2D eigenvalue weighted by Gasteiger charge is -2.27. The predicted octanol–water partition coefficient (Wildman–Crippen LogP) is 4.71. The first-order valence-electron chi connectivity index (χ1n) is 11.2. The average molecular weight is 456 g/mol. The third kappa shape index (κ3) is 3.81. The van der Waals surface area contributed by atoms with Crippen molar-refractivity contribution in [2.24, 2.45) is 0 Å². The third-order valence-electron chi connectivity index (χ3n) is 6.52. The number of carbonyl (C=O) groups is 1. The molecule has 1 atom stereocenters. The molecule has 172 valence electrons. The molecule has 0 aliphatic carbocycles. The lowest BCUT2D eigenvalue weighted by molar-refractivity contribution is -0.135. The van der Waals surface area contributed by atoms with Crippen molar-refractivity contribution in [3.05, 3.63) is 99.5 Å². The number of ether oxygens (including phenoxy) is 2. The number of methoxy groups -OCH3 is 1. The highest BCUT2D eigenvalue weighted by Gasteiger charge is 2.33. The van der Waals surface area contributed by atoms with Crippen LogP contribution < -0.4 is 15.0 Å². The Kier molecular flexibility index (Phi) is 5.57. The van der Waals surface area contributed by atoms with Gasteiger partial charge in [-0.15, -0.1) is 0 Å². The van der Waals surface area contributed by atoms with E-state index < -0.39 is 5.92 Å². The minimum Gasteiger partial charge on any atom is -0.508 e. The third-order valence-corrected chi connectivity index (χ3v) is 6.52. The summed E-state index contributed by atoms with van der Waals surface area (Å²) in [5, 5.41) is 11.4. The summed E-state index contributed by atoms with van der Waals surface area (Å²) < 4.78 is 12.8. The van der Waals surface area contributed by atoms with Gasteiger partial charge in [-0.25, -0.2) is 0 Å². The molecule has 3 aromatic carbocycles. The van der Waals surface area contributed by atoms with Crippen molar-refractivity contribution in [2.45, 2.75) is 32.2 Å². The standard InChI is InChI=1S/C28H25NO5/c1-17-15-25-27(28(32)29(17)14-13-18-7-9-19(30)10-8-18)23(16-26(31)34-25)21-11-12-24(33-2)22-6-4-3-5-20(21)22/h3-12,15,23,30H,13-14,16H2,1-2H3/t23-/m0/s1. The van der Waals surface area contributed by atoms with E-state index in [-0.39, 0.29) is 23.7 Å². The Morgan fingerprint density at radius 1 is 1.03 bits per heavy atom. The van der Waals surface area contributed by atoms with Gasteiger partial charge in [-0.1, -0.05) is 42.5 Å². The van der Waals surface area contributed by atoms with Crippen LogP contribution in [0.1, 0.15) is 34.7 Å². The van der Waals surface area contributed by atoms with Gasteiger partial charge in [-0.3, -0.25) is 9.59 Å². The molecule has 0 saturated heterocycles. The molecule has 6 nitrogen and oxygen atoms in total. The van der Waals surface area contributed by atoms with Crippen LogP contribution in [0.25, 0.3) is 10.8 Å². The Bertz CT molecular complexity index is 1450. The fourth-order valence-electron chi connectivity index (χ4n) is 4.82. The smallest absolute Gasteiger partial charge is 0.312 e. The second-order valence-corrected chi connectivity index (χ2v) is 8.57. The molecule has 34 heavy (non-hydrogen) atoms. The first-order chi connectivity index (χ1) is 16.5. The number of aromatic hydroxyl groups is 1. The van der Waals surface area contributed by atoms with E-state index in [0.29, 0.717) is 24.3 Å². The van der Waals surface area contributed by atoms with Gasteiger partial charge in [0, 0.05) is 29.6 Å². The number of hydrogen-bond acceptors (Lipinski definition) is 5. The second kappa shape index (κ2) is 8.71. The molecule has 4 aromatic rings. The van der Waals surface area contributed by atoms with Gasteiger partial charge in [0.2, 0.25) is 0 Å². The number of carbonyl (C=O) groups excluding carboxylic acids is 1. The predicted molar refractivity (Wildman–Crippen MR) is 130 cm³/mol. The number of aromatic nitrogens is 1. The topological polar surface area (TPSA) is 77.8 Å². The molecule has 0 bridgehead atoms. The van der Waals surface area contributed by atoms with Gasteiger partial charge in [0.1, 0.15) is 17.2 Å². The Labute approximate surface area is 197 Å². The lowest BCUT2D eigenvalue weighted by Crippen LogP contribution is -2.33. The number of esters is 1. The highest BCUT2D eigenvalue weighted by atomic mass is 16.5. The molecule has 0 fully saturated rings. The SMILES string of the molecule is COc1ccc([C@@H]2CC(=O)Oc3cc(C)n(CCc4ccc(O)cc4)c(=O)c32)c2ccccc12. The molecule has 0 saturated carbocycles. The number of phenols is 1. The maximum Gasteiger partial charge on any atom is 0.312 e. The lowest BCUT2D eigenvalue weighted by atomic mass is 9.84. The van der Waals surface area contributed by atoms with E-state index in [1.165, 1.54) is 0 Å². The van der Waals surface area contributed by atoms with Gasteiger partial charge in [0.05, 0.1) is 19.1 Å². The minimum absolute atomic E-state index is 0.0968. The Hall–Kier alpha value is -4.06. The zero-order valence-corrected chi connectivity index (χ0v) is 19.1. The molecule has 1 N–H and O–H groups in total. The van der Waals surface area contributed by atoms with Crippen LogP contribution in [-0.2, 0) is 17.8 Å². The number of rotatable bonds is 5. The van der Waals surface area contributed by atoms with Crippen molar-refractivity contribution in [2.75, 3.05) is 7.11 Å². The van der Waals surface area contributed by atoms with E-state index in [1.807, 2.05) is 55.5 Å². The molecule has 0 radical (unpaired) electrons. The van der Waals surface area contributed by atoms with Gasteiger partial charge in [-0.05, 0) is 48.1 Å². The Balaban J connectivity index is 1.61.